The highest BCUT2D eigenvalue weighted by Crippen LogP contribution is 2.40. The molecule has 2 aliphatic rings. The first-order valence-electron chi connectivity index (χ1n) is 6.91. The van der Waals surface area contributed by atoms with E-state index in [4.69, 9.17) is 5.73 Å². The maximum absolute atomic E-state index is 12.5. The second kappa shape index (κ2) is 4.81. The summed E-state index contributed by atoms with van der Waals surface area (Å²) in [5, 5.41) is 6.63. The lowest BCUT2D eigenvalue weighted by Crippen LogP contribution is -2.41. The van der Waals surface area contributed by atoms with E-state index in [0.29, 0.717) is 24.1 Å². The van der Waals surface area contributed by atoms with Crippen molar-refractivity contribution in [3.05, 3.63) is 18.3 Å². The number of anilines is 2. The third kappa shape index (κ3) is 2.42. The molecular weight excluding hydrogens is 240 g/mol. The van der Waals surface area contributed by atoms with Crippen LogP contribution in [0.15, 0.2) is 18.3 Å². The second-order valence-corrected chi connectivity index (χ2v) is 5.64. The molecule has 3 rings (SSSR count). The van der Waals surface area contributed by atoms with Gasteiger partial charge in [-0.15, -0.1) is 0 Å². The van der Waals surface area contributed by atoms with Crippen LogP contribution in [-0.2, 0) is 4.79 Å². The first-order valence-corrected chi connectivity index (χ1v) is 6.91. The van der Waals surface area contributed by atoms with Crippen LogP contribution in [0.4, 0.5) is 11.5 Å². The average Bonchev–Trinajstić information content (AvgIpc) is 3.16. The molecule has 0 bridgehead atoms. The van der Waals surface area contributed by atoms with Crippen LogP contribution in [0, 0.1) is 11.3 Å². The summed E-state index contributed by atoms with van der Waals surface area (Å²) >= 11 is 0. The zero-order valence-corrected chi connectivity index (χ0v) is 11.0. The molecule has 1 aromatic rings. The van der Waals surface area contributed by atoms with Crippen molar-refractivity contribution in [1.82, 2.24) is 10.3 Å². The number of nitrogens with zero attached hydrogens (tertiary/aromatic N) is 1. The number of hydrogen-bond donors (Lipinski definition) is 3. The summed E-state index contributed by atoms with van der Waals surface area (Å²) in [5.74, 6) is 1.21. The fourth-order valence-electron chi connectivity index (χ4n) is 2.80. The largest absolute Gasteiger partial charge is 0.382 e. The van der Waals surface area contributed by atoms with Crippen molar-refractivity contribution in [2.24, 2.45) is 11.3 Å². The van der Waals surface area contributed by atoms with Crippen LogP contribution < -0.4 is 16.4 Å². The molecule has 4 N–H and O–H groups in total. The summed E-state index contributed by atoms with van der Waals surface area (Å²) in [6.07, 6.45) is 4.71. The monoisotopic (exact) mass is 260 g/mol. The molecule has 1 atom stereocenters. The minimum Gasteiger partial charge on any atom is -0.382 e. The summed E-state index contributed by atoms with van der Waals surface area (Å²) in [5.41, 5.74) is 6.38. The summed E-state index contributed by atoms with van der Waals surface area (Å²) in [6.45, 7) is 2.34. The van der Waals surface area contributed by atoms with Gasteiger partial charge >= 0.3 is 0 Å². The predicted octanol–water partition coefficient (Wildman–Crippen LogP) is 1.03. The summed E-state index contributed by atoms with van der Waals surface area (Å²) < 4.78 is 0. The topological polar surface area (TPSA) is 80.0 Å². The molecule has 19 heavy (non-hydrogen) atoms. The molecule has 1 saturated carbocycles. The van der Waals surface area contributed by atoms with Gasteiger partial charge in [0.15, 0.2) is 0 Å². The maximum atomic E-state index is 12.5. The summed E-state index contributed by atoms with van der Waals surface area (Å²) in [7, 11) is 0. The second-order valence-electron chi connectivity index (χ2n) is 5.64. The molecule has 5 heteroatoms. The van der Waals surface area contributed by atoms with Crippen LogP contribution in [0.25, 0.3) is 0 Å². The SMILES string of the molecule is Nc1ncccc1NC[C@]1(C(=O)C2CC2)CCNC1. The third-order valence-corrected chi connectivity index (χ3v) is 4.17. The Morgan fingerprint density at radius 2 is 2.42 bits per heavy atom. The van der Waals surface area contributed by atoms with Gasteiger partial charge in [-0.2, -0.15) is 0 Å². The Balaban J connectivity index is 1.72. The smallest absolute Gasteiger partial charge is 0.146 e. The highest BCUT2D eigenvalue weighted by Gasteiger charge is 2.47. The van der Waals surface area contributed by atoms with Gasteiger partial charge in [0.1, 0.15) is 11.6 Å². The molecule has 0 unspecified atom stereocenters. The predicted molar refractivity (Wildman–Crippen MR) is 74.8 cm³/mol. The zero-order chi connectivity index (χ0) is 13.3. The number of ketones is 1. The van der Waals surface area contributed by atoms with E-state index < -0.39 is 0 Å². The van der Waals surface area contributed by atoms with Crippen LogP contribution in [0.3, 0.4) is 0 Å². The van der Waals surface area contributed by atoms with Crippen molar-refractivity contribution >= 4 is 17.3 Å². The number of nitrogens with two attached hydrogens (primary N) is 1. The normalized spacial score (nSPS) is 26.3. The number of pyridine rings is 1. The first kappa shape index (κ1) is 12.4. The molecule has 0 radical (unpaired) electrons. The minimum atomic E-state index is -0.260. The van der Waals surface area contributed by atoms with Crippen molar-refractivity contribution in [3.8, 4) is 0 Å². The number of carbonyl (C=O) groups excluding carboxylic acids is 1. The number of carbonyl (C=O) groups is 1. The number of nitrogens with one attached hydrogen (secondary N) is 2. The number of hydrogen-bond acceptors (Lipinski definition) is 5. The standard InChI is InChI=1S/C14H20N4O/c15-13-11(2-1-6-17-13)18-9-14(5-7-16-8-14)12(19)10-3-4-10/h1-2,6,10,16,18H,3-5,7-9H2,(H2,15,17)/t14-/m0/s1. The highest BCUT2D eigenvalue weighted by molar-refractivity contribution is 5.90. The maximum Gasteiger partial charge on any atom is 0.146 e. The lowest BCUT2D eigenvalue weighted by Gasteiger charge is -2.27. The minimum absolute atomic E-state index is 0.260. The average molecular weight is 260 g/mol. The van der Waals surface area contributed by atoms with Crippen molar-refractivity contribution in [3.63, 3.8) is 0 Å². The highest BCUT2D eigenvalue weighted by atomic mass is 16.1. The fraction of sp³-hybridized carbons (Fsp3) is 0.571. The number of Topliss-reactive ketones (excluding diaryl/α,β-unsaturated/α-hetero) is 1. The first-order chi connectivity index (χ1) is 9.21. The number of aromatic nitrogens is 1. The Morgan fingerprint density at radius 1 is 1.58 bits per heavy atom. The molecule has 5 nitrogen and oxygen atoms in total. The van der Waals surface area contributed by atoms with E-state index in [9.17, 15) is 4.79 Å². The van der Waals surface area contributed by atoms with E-state index in [0.717, 1.165) is 38.0 Å². The number of rotatable bonds is 5. The molecule has 0 aromatic carbocycles. The van der Waals surface area contributed by atoms with Crippen molar-refractivity contribution < 1.29 is 4.79 Å². The fourth-order valence-corrected chi connectivity index (χ4v) is 2.80. The molecule has 0 amide bonds. The van der Waals surface area contributed by atoms with E-state index in [1.165, 1.54) is 0 Å². The summed E-state index contributed by atoms with van der Waals surface area (Å²) in [6, 6.07) is 3.75. The molecule has 1 aliphatic heterocycles. The zero-order valence-electron chi connectivity index (χ0n) is 11.0. The number of nitrogen functional groups attached to an aromatic ring is 1. The van der Waals surface area contributed by atoms with Gasteiger partial charge < -0.3 is 16.4 Å². The molecule has 1 aliphatic carbocycles. The molecule has 0 spiro atoms. The van der Waals surface area contributed by atoms with E-state index in [-0.39, 0.29) is 5.41 Å². The Bertz CT molecular complexity index is 478. The van der Waals surface area contributed by atoms with Crippen LogP contribution >= 0.6 is 0 Å². The van der Waals surface area contributed by atoms with Crippen LogP contribution in [0.1, 0.15) is 19.3 Å². The van der Waals surface area contributed by atoms with Gasteiger partial charge in [0.05, 0.1) is 11.1 Å². The Hall–Kier alpha value is -1.62. The van der Waals surface area contributed by atoms with Crippen LogP contribution in [-0.4, -0.2) is 30.4 Å². The Labute approximate surface area is 113 Å². The van der Waals surface area contributed by atoms with E-state index in [1.54, 1.807) is 6.20 Å². The summed E-state index contributed by atoms with van der Waals surface area (Å²) in [4.78, 5) is 16.6. The van der Waals surface area contributed by atoms with Gasteiger partial charge in [-0.1, -0.05) is 0 Å². The Morgan fingerprint density at radius 3 is 3.05 bits per heavy atom. The van der Waals surface area contributed by atoms with Crippen LogP contribution in [0.5, 0.6) is 0 Å². The molecule has 2 heterocycles. The van der Waals surface area contributed by atoms with E-state index >= 15 is 0 Å². The van der Waals surface area contributed by atoms with Crippen LogP contribution in [0.2, 0.25) is 0 Å². The van der Waals surface area contributed by atoms with Gasteiger partial charge in [0.25, 0.3) is 0 Å². The van der Waals surface area contributed by atoms with Gasteiger partial charge in [-0.25, -0.2) is 4.98 Å². The molecular formula is C14H20N4O. The lowest BCUT2D eigenvalue weighted by atomic mass is 9.80. The molecule has 102 valence electrons. The van der Waals surface area contributed by atoms with Crippen molar-refractivity contribution in [2.45, 2.75) is 19.3 Å². The molecule has 1 saturated heterocycles. The van der Waals surface area contributed by atoms with Crippen molar-refractivity contribution in [2.75, 3.05) is 30.7 Å². The quantitative estimate of drug-likeness (QED) is 0.737. The third-order valence-electron chi connectivity index (χ3n) is 4.17. The van der Waals surface area contributed by atoms with Gasteiger partial charge in [0.2, 0.25) is 0 Å². The molecule has 1 aromatic heterocycles. The molecule has 2 fully saturated rings. The Kier molecular flexibility index (Phi) is 3.14. The lowest BCUT2D eigenvalue weighted by molar-refractivity contribution is -0.128. The van der Waals surface area contributed by atoms with Gasteiger partial charge in [-0.05, 0) is 37.9 Å². The van der Waals surface area contributed by atoms with Gasteiger partial charge in [-0.3, -0.25) is 4.79 Å². The van der Waals surface area contributed by atoms with Gasteiger partial charge in [0, 0.05) is 25.2 Å². The van der Waals surface area contributed by atoms with E-state index in [1.807, 2.05) is 12.1 Å². The van der Waals surface area contributed by atoms with Crippen molar-refractivity contribution in [1.29, 1.82) is 0 Å². The van der Waals surface area contributed by atoms with E-state index in [2.05, 4.69) is 15.6 Å².